The summed E-state index contributed by atoms with van der Waals surface area (Å²) in [5.41, 5.74) is 2.33. The molecular weight excluding hydrogens is 402 g/mol. The first-order valence-electron chi connectivity index (χ1n) is 8.21. The van der Waals surface area contributed by atoms with Crippen molar-refractivity contribution in [2.24, 2.45) is 0 Å². The molecule has 0 aliphatic carbocycles. The maximum absolute atomic E-state index is 10.4. The Hall–Kier alpha value is -1.21. The van der Waals surface area contributed by atoms with E-state index in [1.54, 1.807) is 12.1 Å². The van der Waals surface area contributed by atoms with Crippen molar-refractivity contribution in [1.29, 1.82) is 0 Å². The second kappa shape index (κ2) is 9.48. The molecule has 0 unspecified atom stereocenters. The molecule has 4 nitrogen and oxygen atoms in total. The van der Waals surface area contributed by atoms with E-state index in [1.165, 1.54) is 35.3 Å². The van der Waals surface area contributed by atoms with Gasteiger partial charge in [-0.2, -0.15) is 0 Å². The fraction of sp³-hybridized carbons (Fsp3) is 0.368. The molecule has 2 rings (SSSR count). The average molecular weight is 428 g/mol. The Labute approximate surface area is 160 Å². The summed E-state index contributed by atoms with van der Waals surface area (Å²) < 4.78 is 33.5. The third kappa shape index (κ3) is 7.28. The molecule has 2 aromatic rings. The number of rotatable bonds is 5. The Morgan fingerprint density at radius 3 is 1.96 bits per heavy atom. The van der Waals surface area contributed by atoms with Crippen molar-refractivity contribution in [3.63, 3.8) is 0 Å². The molecule has 0 heterocycles. The topological polar surface area (TPSA) is 57.2 Å². The van der Waals surface area contributed by atoms with Crippen molar-refractivity contribution in [3.8, 4) is 0 Å². The Kier molecular flexibility index (Phi) is 8.28. The Bertz CT molecular complexity index is 770. The maximum Gasteiger partial charge on any atom is 0.124 e. The summed E-state index contributed by atoms with van der Waals surface area (Å²) in [6, 6.07) is 14.3. The van der Waals surface area contributed by atoms with Gasteiger partial charge in [-0.25, -0.2) is 8.42 Å². The number of nitrogens with zero attached hydrogens (tertiary/aromatic N) is 1. The second-order valence-electron chi connectivity index (χ2n) is 6.27. The third-order valence-electron chi connectivity index (χ3n) is 4.35. The summed E-state index contributed by atoms with van der Waals surface area (Å²) >= 11 is 3.60. The first-order valence-corrected chi connectivity index (χ1v) is 10.4. The third-order valence-corrected chi connectivity index (χ3v) is 5.97. The van der Waals surface area contributed by atoms with E-state index in [0.717, 1.165) is 16.6 Å². The molecule has 0 atom stereocenters. The van der Waals surface area contributed by atoms with Crippen molar-refractivity contribution < 1.29 is 17.5 Å². The number of aryl methyl sites for hydroxylation is 1. The number of hydrogen-bond donors (Lipinski definition) is 0. The van der Waals surface area contributed by atoms with Crippen LogP contribution >= 0.6 is 15.9 Å². The first kappa shape index (κ1) is 21.8. The van der Waals surface area contributed by atoms with Crippen molar-refractivity contribution in [2.75, 3.05) is 20.1 Å². The highest BCUT2D eigenvalue weighted by atomic mass is 79.9. The van der Waals surface area contributed by atoms with Gasteiger partial charge in [0, 0.05) is 10.0 Å². The van der Waals surface area contributed by atoms with Gasteiger partial charge in [0.05, 0.1) is 25.0 Å². The monoisotopic (exact) mass is 427 g/mol. The van der Waals surface area contributed by atoms with E-state index < -0.39 is 10.1 Å². The van der Waals surface area contributed by atoms with E-state index in [-0.39, 0.29) is 4.90 Å². The van der Waals surface area contributed by atoms with Crippen LogP contribution in [-0.4, -0.2) is 37.6 Å². The summed E-state index contributed by atoms with van der Waals surface area (Å²) in [5, 5.41) is 0. The molecular formula is C19H26BrNO3S. The van der Waals surface area contributed by atoms with E-state index in [0.29, 0.717) is 0 Å². The Morgan fingerprint density at radius 2 is 1.52 bits per heavy atom. The molecule has 0 bridgehead atoms. The summed E-state index contributed by atoms with van der Waals surface area (Å²) in [5.74, 6) is 0. The predicted molar refractivity (Wildman–Crippen MR) is 104 cm³/mol. The maximum atomic E-state index is 10.4. The molecule has 2 aromatic carbocycles. The standard InChI is InChI=1S/C12H19BrN.C7H8O3S/c1-4-14(3,5-2)10-11-8-6-7-9-12(11)13;1-6-2-4-7(5-3-6)11(8,9)10/h6-9H,4-5,10H2,1-3H3;2-5H,1H3,(H,8,9,10)/q+1;/p-1. The molecule has 6 heteroatoms. The van der Waals surface area contributed by atoms with Crippen LogP contribution in [-0.2, 0) is 16.7 Å². The van der Waals surface area contributed by atoms with E-state index in [9.17, 15) is 13.0 Å². The SMILES string of the molecule is CC[N+](C)(CC)Cc1ccccc1Br.Cc1ccc(S(=O)(=O)[O-])cc1. The lowest BCUT2D eigenvalue weighted by atomic mass is 10.2. The molecule has 0 aliphatic rings. The van der Waals surface area contributed by atoms with Crippen LogP contribution < -0.4 is 0 Å². The molecule has 0 aliphatic heterocycles. The van der Waals surface area contributed by atoms with Gasteiger partial charge in [0.2, 0.25) is 0 Å². The summed E-state index contributed by atoms with van der Waals surface area (Å²) in [4.78, 5) is -0.178. The van der Waals surface area contributed by atoms with Gasteiger partial charge < -0.3 is 9.04 Å². The van der Waals surface area contributed by atoms with Gasteiger partial charge in [0.1, 0.15) is 16.7 Å². The van der Waals surface area contributed by atoms with E-state index in [2.05, 4.69) is 61.1 Å². The highest BCUT2D eigenvalue weighted by molar-refractivity contribution is 9.10. The zero-order chi connectivity index (χ0) is 19.1. The van der Waals surface area contributed by atoms with Gasteiger partial charge >= 0.3 is 0 Å². The van der Waals surface area contributed by atoms with Gasteiger partial charge in [-0.05, 0) is 39.0 Å². The van der Waals surface area contributed by atoms with Gasteiger partial charge in [0.15, 0.2) is 0 Å². The minimum atomic E-state index is -4.27. The molecule has 0 aromatic heterocycles. The molecule has 25 heavy (non-hydrogen) atoms. The van der Waals surface area contributed by atoms with E-state index in [4.69, 9.17) is 0 Å². The molecule has 0 N–H and O–H groups in total. The minimum Gasteiger partial charge on any atom is -0.744 e. The second-order valence-corrected chi connectivity index (χ2v) is 8.50. The van der Waals surface area contributed by atoms with Crippen LogP contribution in [0, 0.1) is 6.92 Å². The van der Waals surface area contributed by atoms with Crippen LogP contribution in [0.15, 0.2) is 57.9 Å². The van der Waals surface area contributed by atoms with Gasteiger partial charge in [-0.1, -0.05) is 51.8 Å². The Morgan fingerprint density at radius 1 is 1.00 bits per heavy atom. The normalized spacial score (nSPS) is 11.6. The highest BCUT2D eigenvalue weighted by Gasteiger charge is 2.17. The predicted octanol–water partition coefficient (Wildman–Crippen LogP) is 4.33. The van der Waals surface area contributed by atoms with Crippen molar-refractivity contribution >= 4 is 26.0 Å². The van der Waals surface area contributed by atoms with Crippen LogP contribution in [0.2, 0.25) is 0 Å². The zero-order valence-electron chi connectivity index (χ0n) is 15.2. The smallest absolute Gasteiger partial charge is 0.124 e. The lowest BCUT2D eigenvalue weighted by molar-refractivity contribution is -0.919. The quantitative estimate of drug-likeness (QED) is 0.526. The highest BCUT2D eigenvalue weighted by Crippen LogP contribution is 2.20. The van der Waals surface area contributed by atoms with Crippen LogP contribution in [0.5, 0.6) is 0 Å². The van der Waals surface area contributed by atoms with Crippen LogP contribution in [0.25, 0.3) is 0 Å². The number of quaternary nitrogens is 1. The fourth-order valence-electron chi connectivity index (χ4n) is 2.19. The zero-order valence-corrected chi connectivity index (χ0v) is 17.6. The van der Waals surface area contributed by atoms with E-state index in [1.807, 2.05) is 6.92 Å². The lowest BCUT2D eigenvalue weighted by Gasteiger charge is -2.32. The van der Waals surface area contributed by atoms with Gasteiger partial charge in [-0.3, -0.25) is 0 Å². The largest absolute Gasteiger partial charge is 0.744 e. The van der Waals surface area contributed by atoms with Crippen molar-refractivity contribution in [1.82, 2.24) is 0 Å². The van der Waals surface area contributed by atoms with Gasteiger partial charge in [-0.15, -0.1) is 0 Å². The van der Waals surface area contributed by atoms with Crippen LogP contribution in [0.1, 0.15) is 25.0 Å². The molecule has 0 fully saturated rings. The number of halogens is 1. The molecule has 138 valence electrons. The van der Waals surface area contributed by atoms with E-state index >= 15 is 0 Å². The molecule has 0 amide bonds. The first-order chi connectivity index (χ1) is 11.6. The molecule has 0 radical (unpaired) electrons. The molecule has 0 spiro atoms. The summed E-state index contributed by atoms with van der Waals surface area (Å²) in [6.07, 6.45) is 0. The lowest BCUT2D eigenvalue weighted by Crippen LogP contribution is -2.42. The van der Waals surface area contributed by atoms with Crippen molar-refractivity contribution in [3.05, 3.63) is 64.1 Å². The molecule has 0 saturated heterocycles. The molecule has 0 saturated carbocycles. The summed E-state index contributed by atoms with van der Waals surface area (Å²) in [7, 11) is -1.96. The van der Waals surface area contributed by atoms with Gasteiger partial charge in [0.25, 0.3) is 0 Å². The summed E-state index contributed by atoms with van der Waals surface area (Å²) in [6.45, 7) is 9.78. The minimum absolute atomic E-state index is 0.178. The number of hydrogen-bond acceptors (Lipinski definition) is 3. The number of benzene rings is 2. The van der Waals surface area contributed by atoms with Crippen molar-refractivity contribution in [2.45, 2.75) is 32.2 Å². The average Bonchev–Trinajstić information content (AvgIpc) is 2.57. The van der Waals surface area contributed by atoms with Crippen LogP contribution in [0.4, 0.5) is 0 Å². The Balaban J connectivity index is 0.000000257. The van der Waals surface area contributed by atoms with Crippen LogP contribution in [0.3, 0.4) is 0 Å². The fourth-order valence-corrected chi connectivity index (χ4v) is 3.07.